The summed E-state index contributed by atoms with van der Waals surface area (Å²) in [6.45, 7) is 4.18. The highest BCUT2D eigenvalue weighted by Gasteiger charge is 2.22. The smallest absolute Gasteiger partial charge is 0.462 e. The molecule has 312 valence electrons. The summed E-state index contributed by atoms with van der Waals surface area (Å²) in [5.41, 5.74) is 4.78. The summed E-state index contributed by atoms with van der Waals surface area (Å²) in [6.07, 6.45) is 36.8. The van der Waals surface area contributed by atoms with E-state index in [0.717, 1.165) is 32.1 Å². The van der Waals surface area contributed by atoms with Crippen molar-refractivity contribution < 1.29 is 43.0 Å². The standard InChI is InChI=1S/C39H77O8P.C2H7NO/c1-3-5-7-9-11-13-15-17-19-21-23-25-27-29-31-33-38(40)45-35-37(36-46-48(42,43)44)47-39(41)34-32-30-28-26-24-22-20-18-16-14-12-10-8-6-4-2;3-1-2-4/h37H,3-36H2,1-2H3,(H2,42,43,44);4H,1-3H2. The minimum absolute atomic E-state index is 0.0972. The maximum Gasteiger partial charge on any atom is 0.469 e. The van der Waals surface area contributed by atoms with E-state index in [9.17, 15) is 14.2 Å². The minimum atomic E-state index is -4.74. The number of esters is 2. The average Bonchev–Trinajstić information content (AvgIpc) is 3.12. The SMILES string of the molecule is CCCCCCCCCCCCCCCCCC(=O)OCC(COP(=O)(O)O)OC(=O)CCCCCCCCCCCCCCCCC.NCCO. The molecule has 0 spiro atoms. The van der Waals surface area contributed by atoms with Crippen molar-refractivity contribution in [2.45, 2.75) is 225 Å². The molecule has 0 aliphatic rings. The zero-order valence-electron chi connectivity index (χ0n) is 33.8. The molecule has 0 saturated carbocycles. The third kappa shape index (κ3) is 47.0. The van der Waals surface area contributed by atoms with Crippen LogP contribution in [0.25, 0.3) is 0 Å². The van der Waals surface area contributed by atoms with Crippen molar-refractivity contribution in [2.24, 2.45) is 5.73 Å². The number of ether oxygens (including phenoxy) is 2. The predicted molar refractivity (Wildman–Crippen MR) is 214 cm³/mol. The first-order valence-corrected chi connectivity index (χ1v) is 23.1. The normalized spacial score (nSPS) is 12.0. The lowest BCUT2D eigenvalue weighted by atomic mass is 10.0. The van der Waals surface area contributed by atoms with Crippen LogP contribution in [-0.4, -0.2) is 59.3 Å². The summed E-state index contributed by atoms with van der Waals surface area (Å²) < 4.78 is 26.4. The summed E-state index contributed by atoms with van der Waals surface area (Å²) in [5.74, 6) is -0.869. The topological polar surface area (TPSA) is 166 Å². The van der Waals surface area contributed by atoms with E-state index in [1.807, 2.05) is 0 Å². The monoisotopic (exact) mass is 766 g/mol. The molecule has 52 heavy (non-hydrogen) atoms. The third-order valence-electron chi connectivity index (χ3n) is 9.25. The van der Waals surface area contributed by atoms with Crippen molar-refractivity contribution in [2.75, 3.05) is 26.4 Å². The van der Waals surface area contributed by atoms with E-state index in [0.29, 0.717) is 13.0 Å². The van der Waals surface area contributed by atoms with E-state index in [2.05, 4.69) is 18.4 Å². The molecule has 11 heteroatoms. The van der Waals surface area contributed by atoms with Crippen LogP contribution in [0.5, 0.6) is 0 Å². The first kappa shape index (κ1) is 53.1. The Balaban J connectivity index is 0. The van der Waals surface area contributed by atoms with Gasteiger partial charge in [0.25, 0.3) is 0 Å². The van der Waals surface area contributed by atoms with Crippen LogP contribution in [0.2, 0.25) is 0 Å². The number of carbonyl (C=O) groups excluding carboxylic acids is 2. The molecule has 0 bridgehead atoms. The van der Waals surface area contributed by atoms with Gasteiger partial charge in [-0.15, -0.1) is 0 Å². The Bertz CT molecular complexity index is 794. The number of nitrogens with two attached hydrogens (primary N) is 1. The van der Waals surface area contributed by atoms with E-state index >= 15 is 0 Å². The molecule has 1 atom stereocenters. The second-order valence-corrected chi connectivity index (χ2v) is 15.7. The van der Waals surface area contributed by atoms with Gasteiger partial charge in [-0.1, -0.05) is 194 Å². The molecule has 0 aromatic rings. The van der Waals surface area contributed by atoms with Crippen LogP contribution in [0.4, 0.5) is 0 Å². The van der Waals surface area contributed by atoms with Gasteiger partial charge >= 0.3 is 19.8 Å². The Hall–Kier alpha value is -1.03. The Morgan fingerprint density at radius 3 is 1.10 bits per heavy atom. The van der Waals surface area contributed by atoms with Crippen LogP contribution < -0.4 is 5.73 Å². The molecule has 0 radical (unpaired) electrons. The highest BCUT2D eigenvalue weighted by molar-refractivity contribution is 7.46. The summed E-state index contributed by atoms with van der Waals surface area (Å²) in [7, 11) is -4.74. The molecule has 0 saturated heterocycles. The van der Waals surface area contributed by atoms with Crippen molar-refractivity contribution in [3.05, 3.63) is 0 Å². The fraction of sp³-hybridized carbons (Fsp3) is 0.951. The van der Waals surface area contributed by atoms with Crippen molar-refractivity contribution in [1.29, 1.82) is 0 Å². The average molecular weight is 766 g/mol. The molecule has 0 fully saturated rings. The molecule has 10 nitrogen and oxygen atoms in total. The first-order chi connectivity index (χ1) is 25.2. The molecule has 0 aromatic carbocycles. The van der Waals surface area contributed by atoms with Crippen molar-refractivity contribution >= 4 is 19.8 Å². The van der Waals surface area contributed by atoms with Gasteiger partial charge in [0, 0.05) is 19.4 Å². The maximum absolute atomic E-state index is 12.4. The summed E-state index contributed by atoms with van der Waals surface area (Å²) in [6, 6.07) is 0. The first-order valence-electron chi connectivity index (χ1n) is 21.6. The minimum Gasteiger partial charge on any atom is -0.462 e. The van der Waals surface area contributed by atoms with Gasteiger partial charge < -0.3 is 30.1 Å². The van der Waals surface area contributed by atoms with Gasteiger partial charge in [-0.3, -0.25) is 14.1 Å². The van der Waals surface area contributed by atoms with Gasteiger partial charge in [0.1, 0.15) is 6.61 Å². The lowest BCUT2D eigenvalue weighted by Gasteiger charge is -2.18. The lowest BCUT2D eigenvalue weighted by Crippen LogP contribution is -2.29. The highest BCUT2D eigenvalue weighted by atomic mass is 31.2. The van der Waals surface area contributed by atoms with Crippen molar-refractivity contribution in [3.63, 3.8) is 0 Å². The number of aliphatic hydroxyl groups excluding tert-OH is 1. The number of carbonyl (C=O) groups is 2. The molecular formula is C41H84NO9P. The summed E-state index contributed by atoms with van der Waals surface area (Å²) in [4.78, 5) is 42.8. The second-order valence-electron chi connectivity index (χ2n) is 14.5. The molecular weight excluding hydrogens is 681 g/mol. The van der Waals surface area contributed by atoms with E-state index in [1.165, 1.54) is 154 Å². The van der Waals surface area contributed by atoms with Gasteiger partial charge in [-0.25, -0.2) is 4.57 Å². The number of unbranched alkanes of at least 4 members (excludes halogenated alkanes) is 28. The number of hydrogen-bond donors (Lipinski definition) is 4. The molecule has 0 aromatic heterocycles. The van der Waals surface area contributed by atoms with Crippen LogP contribution in [-0.2, 0) is 28.2 Å². The van der Waals surface area contributed by atoms with E-state index in [-0.39, 0.29) is 26.1 Å². The Morgan fingerprint density at radius 2 is 0.808 bits per heavy atom. The molecule has 0 heterocycles. The Labute approximate surface area is 319 Å². The van der Waals surface area contributed by atoms with E-state index in [4.69, 9.17) is 30.1 Å². The van der Waals surface area contributed by atoms with Crippen molar-refractivity contribution in [3.8, 4) is 0 Å². The quantitative estimate of drug-likeness (QED) is 0.0269. The number of hydrogen-bond acceptors (Lipinski definition) is 8. The van der Waals surface area contributed by atoms with Gasteiger partial charge in [0.15, 0.2) is 6.10 Å². The van der Waals surface area contributed by atoms with Crippen LogP contribution in [0.1, 0.15) is 219 Å². The lowest BCUT2D eigenvalue weighted by molar-refractivity contribution is -0.161. The van der Waals surface area contributed by atoms with Crippen LogP contribution >= 0.6 is 7.82 Å². The molecule has 0 amide bonds. The number of aliphatic hydroxyl groups is 1. The van der Waals surface area contributed by atoms with Crippen LogP contribution in [0, 0.1) is 0 Å². The summed E-state index contributed by atoms with van der Waals surface area (Å²) in [5, 5.41) is 7.75. The number of phosphoric acid groups is 1. The van der Waals surface area contributed by atoms with Gasteiger partial charge in [0.2, 0.25) is 0 Å². The van der Waals surface area contributed by atoms with E-state index < -0.39 is 32.5 Å². The predicted octanol–water partition coefficient (Wildman–Crippen LogP) is 11.0. The fourth-order valence-electron chi connectivity index (χ4n) is 6.08. The zero-order valence-corrected chi connectivity index (χ0v) is 34.7. The number of phosphoric ester groups is 1. The number of rotatable bonds is 39. The molecule has 0 aliphatic carbocycles. The van der Waals surface area contributed by atoms with Crippen LogP contribution in [0.15, 0.2) is 0 Å². The van der Waals surface area contributed by atoms with Gasteiger partial charge in [-0.05, 0) is 12.8 Å². The maximum atomic E-state index is 12.4. The molecule has 0 aliphatic heterocycles. The Kier molecular flexibility index (Phi) is 43.6. The zero-order chi connectivity index (χ0) is 38.8. The largest absolute Gasteiger partial charge is 0.469 e. The van der Waals surface area contributed by atoms with Gasteiger partial charge in [0.05, 0.1) is 13.2 Å². The summed E-state index contributed by atoms with van der Waals surface area (Å²) >= 11 is 0. The molecule has 1 unspecified atom stereocenters. The third-order valence-corrected chi connectivity index (χ3v) is 9.74. The van der Waals surface area contributed by atoms with Crippen molar-refractivity contribution in [1.82, 2.24) is 0 Å². The Morgan fingerprint density at radius 1 is 0.519 bits per heavy atom. The fourth-order valence-corrected chi connectivity index (χ4v) is 6.44. The molecule has 5 N–H and O–H groups in total. The van der Waals surface area contributed by atoms with Gasteiger partial charge in [-0.2, -0.15) is 0 Å². The van der Waals surface area contributed by atoms with E-state index in [1.54, 1.807) is 0 Å². The highest BCUT2D eigenvalue weighted by Crippen LogP contribution is 2.36. The molecule has 0 rings (SSSR count). The second kappa shape index (κ2) is 42.7. The van der Waals surface area contributed by atoms with Crippen LogP contribution in [0.3, 0.4) is 0 Å².